The van der Waals surface area contributed by atoms with Crippen molar-refractivity contribution in [2.24, 2.45) is 11.5 Å². The van der Waals surface area contributed by atoms with Crippen molar-refractivity contribution in [3.05, 3.63) is 69.8 Å². The average molecular weight is 522 g/mol. The fourth-order valence-corrected chi connectivity index (χ4v) is 5.47. The van der Waals surface area contributed by atoms with Crippen LogP contribution in [0.2, 0.25) is 0 Å². The van der Waals surface area contributed by atoms with Gasteiger partial charge in [0.15, 0.2) is 0 Å². The molecular formula is C31H47N5O2. The average Bonchev–Trinajstić information content (AvgIpc) is 2.89. The maximum Gasteiger partial charge on any atom is 0.239 e. The summed E-state index contributed by atoms with van der Waals surface area (Å²) in [4.78, 5) is 30.6. The molecule has 1 aliphatic heterocycles. The molecule has 1 aliphatic rings. The molecule has 5 N–H and O–H groups in total. The van der Waals surface area contributed by atoms with Gasteiger partial charge in [-0.1, -0.05) is 47.5 Å². The van der Waals surface area contributed by atoms with E-state index in [1.807, 2.05) is 9.80 Å². The Hall–Kier alpha value is -2.74. The van der Waals surface area contributed by atoms with E-state index in [1.54, 1.807) is 0 Å². The summed E-state index contributed by atoms with van der Waals surface area (Å²) in [6.45, 7) is 12.2. The van der Waals surface area contributed by atoms with Crippen molar-refractivity contribution in [1.29, 1.82) is 0 Å². The Bertz CT molecular complexity index is 1090. The summed E-state index contributed by atoms with van der Waals surface area (Å²) in [6, 6.07) is 12.1. The number of nitrogens with one attached hydrogen (secondary N) is 1. The van der Waals surface area contributed by atoms with Crippen LogP contribution in [0, 0.1) is 27.7 Å². The molecule has 3 rings (SSSR count). The first-order valence-corrected chi connectivity index (χ1v) is 14.1. The zero-order valence-corrected chi connectivity index (χ0v) is 23.8. The number of amides is 2. The highest BCUT2D eigenvalue weighted by atomic mass is 16.2. The summed E-state index contributed by atoms with van der Waals surface area (Å²) in [5, 5.41) is 3.34. The third kappa shape index (κ3) is 8.38. The summed E-state index contributed by atoms with van der Waals surface area (Å²) < 4.78 is 0. The second-order valence-electron chi connectivity index (χ2n) is 10.9. The second kappa shape index (κ2) is 14.4. The number of aryl methyl sites for hydroxylation is 5. The van der Waals surface area contributed by atoms with Gasteiger partial charge in [0, 0.05) is 45.2 Å². The van der Waals surface area contributed by atoms with E-state index in [0.29, 0.717) is 39.0 Å². The van der Waals surface area contributed by atoms with E-state index in [2.05, 4.69) is 69.4 Å². The molecule has 1 fully saturated rings. The number of hydrogen-bond donors (Lipinski definition) is 3. The lowest BCUT2D eigenvalue weighted by Gasteiger charge is -2.42. The molecule has 0 aliphatic carbocycles. The quantitative estimate of drug-likeness (QED) is 0.373. The Morgan fingerprint density at radius 3 is 2.26 bits per heavy atom. The Kier molecular flexibility index (Phi) is 11.3. The zero-order chi connectivity index (χ0) is 27.7. The molecule has 7 nitrogen and oxygen atoms in total. The summed E-state index contributed by atoms with van der Waals surface area (Å²) in [6.07, 6.45) is 3.49. The standard InChI is InChI=1S/C31H47N5O2/c1-22-7-9-26(24(3)18-22)11-12-30(37)36-17-16-35(21-28(36)6-5-14-34-15-13-32)31(38)29(33)20-27-10-8-23(2)19-25(27)4/h7-10,18-19,28-29,34H,5-6,11-17,20-21,32-33H2,1-4H3/t28-,29?/m0/s1. The van der Waals surface area contributed by atoms with Crippen LogP contribution in [0.5, 0.6) is 0 Å². The first kappa shape index (κ1) is 29.8. The molecule has 0 radical (unpaired) electrons. The van der Waals surface area contributed by atoms with E-state index in [9.17, 15) is 9.59 Å². The van der Waals surface area contributed by atoms with Gasteiger partial charge in [0.2, 0.25) is 11.8 Å². The van der Waals surface area contributed by atoms with E-state index in [-0.39, 0.29) is 17.9 Å². The predicted molar refractivity (Wildman–Crippen MR) is 155 cm³/mol. The number of nitrogens with two attached hydrogens (primary N) is 2. The monoisotopic (exact) mass is 521 g/mol. The van der Waals surface area contributed by atoms with E-state index in [4.69, 9.17) is 11.5 Å². The van der Waals surface area contributed by atoms with Crippen molar-refractivity contribution in [2.45, 2.75) is 71.9 Å². The van der Waals surface area contributed by atoms with Gasteiger partial charge in [-0.3, -0.25) is 9.59 Å². The van der Waals surface area contributed by atoms with Crippen molar-refractivity contribution < 1.29 is 9.59 Å². The van der Waals surface area contributed by atoms with Crippen LogP contribution >= 0.6 is 0 Å². The highest BCUT2D eigenvalue weighted by Crippen LogP contribution is 2.20. The molecule has 0 saturated carbocycles. The highest BCUT2D eigenvalue weighted by Gasteiger charge is 2.33. The number of carbonyl (C=O) groups is 2. The smallest absolute Gasteiger partial charge is 0.239 e. The first-order valence-electron chi connectivity index (χ1n) is 14.1. The lowest BCUT2D eigenvalue weighted by Crippen LogP contribution is -2.59. The lowest BCUT2D eigenvalue weighted by atomic mass is 9.98. The van der Waals surface area contributed by atoms with Crippen LogP contribution in [0.15, 0.2) is 36.4 Å². The predicted octanol–water partition coefficient (Wildman–Crippen LogP) is 2.79. The fraction of sp³-hybridized carbons (Fsp3) is 0.548. The number of benzene rings is 2. The van der Waals surface area contributed by atoms with Crippen LogP contribution in [-0.4, -0.2) is 73.0 Å². The molecule has 0 bridgehead atoms. The fourth-order valence-electron chi connectivity index (χ4n) is 5.47. The molecule has 7 heteroatoms. The van der Waals surface area contributed by atoms with E-state index < -0.39 is 6.04 Å². The summed E-state index contributed by atoms with van der Waals surface area (Å²) in [5.41, 5.74) is 19.2. The topological polar surface area (TPSA) is 105 Å². The van der Waals surface area contributed by atoms with Crippen LogP contribution in [0.4, 0.5) is 0 Å². The largest absolute Gasteiger partial charge is 0.338 e. The second-order valence-corrected chi connectivity index (χ2v) is 10.9. The van der Waals surface area contributed by atoms with E-state index in [0.717, 1.165) is 43.5 Å². The minimum Gasteiger partial charge on any atom is -0.338 e. The van der Waals surface area contributed by atoms with Crippen LogP contribution in [0.3, 0.4) is 0 Å². The van der Waals surface area contributed by atoms with Gasteiger partial charge >= 0.3 is 0 Å². The Morgan fingerprint density at radius 2 is 1.63 bits per heavy atom. The Labute approximate surface area is 228 Å². The summed E-state index contributed by atoms with van der Waals surface area (Å²) >= 11 is 0. The van der Waals surface area contributed by atoms with Gasteiger partial charge in [0.1, 0.15) is 0 Å². The molecule has 1 heterocycles. The van der Waals surface area contributed by atoms with Crippen LogP contribution < -0.4 is 16.8 Å². The van der Waals surface area contributed by atoms with Gasteiger partial charge < -0.3 is 26.6 Å². The van der Waals surface area contributed by atoms with Gasteiger partial charge in [-0.05, 0) is 82.2 Å². The third-order valence-electron chi connectivity index (χ3n) is 7.69. The van der Waals surface area contributed by atoms with Crippen molar-refractivity contribution in [1.82, 2.24) is 15.1 Å². The molecule has 2 amide bonds. The number of rotatable bonds is 12. The van der Waals surface area contributed by atoms with Gasteiger partial charge in [0.05, 0.1) is 6.04 Å². The zero-order valence-electron chi connectivity index (χ0n) is 23.8. The SMILES string of the molecule is Cc1ccc(CCC(=O)N2CCN(C(=O)C(N)Cc3ccc(C)cc3C)C[C@@H]2CCCNCCN)c(C)c1. The molecule has 0 aromatic heterocycles. The van der Waals surface area contributed by atoms with E-state index >= 15 is 0 Å². The van der Waals surface area contributed by atoms with Crippen LogP contribution in [0.1, 0.15) is 52.6 Å². The van der Waals surface area contributed by atoms with Crippen molar-refractivity contribution in [3.8, 4) is 0 Å². The van der Waals surface area contributed by atoms with Crippen molar-refractivity contribution >= 4 is 11.8 Å². The number of hydrogen-bond acceptors (Lipinski definition) is 5. The molecule has 208 valence electrons. The minimum atomic E-state index is -0.588. The van der Waals surface area contributed by atoms with Gasteiger partial charge in [0.25, 0.3) is 0 Å². The molecule has 1 unspecified atom stereocenters. The maximum absolute atomic E-state index is 13.4. The summed E-state index contributed by atoms with van der Waals surface area (Å²) in [7, 11) is 0. The van der Waals surface area contributed by atoms with Crippen molar-refractivity contribution in [2.75, 3.05) is 39.3 Å². The number of carbonyl (C=O) groups excluding carboxylic acids is 2. The van der Waals surface area contributed by atoms with Gasteiger partial charge in [-0.15, -0.1) is 0 Å². The van der Waals surface area contributed by atoms with Crippen molar-refractivity contribution in [3.63, 3.8) is 0 Å². The third-order valence-corrected chi connectivity index (χ3v) is 7.69. The highest BCUT2D eigenvalue weighted by molar-refractivity contribution is 5.83. The van der Waals surface area contributed by atoms with Crippen LogP contribution in [0.25, 0.3) is 0 Å². The first-order chi connectivity index (χ1) is 18.2. The number of nitrogens with zero attached hydrogens (tertiary/aromatic N) is 2. The molecule has 2 aromatic carbocycles. The van der Waals surface area contributed by atoms with Gasteiger partial charge in [-0.2, -0.15) is 0 Å². The molecule has 2 atom stereocenters. The molecule has 1 saturated heterocycles. The Morgan fingerprint density at radius 1 is 0.974 bits per heavy atom. The molecule has 2 aromatic rings. The minimum absolute atomic E-state index is 0.00713. The Balaban J connectivity index is 1.63. The molecular weight excluding hydrogens is 474 g/mol. The molecule has 0 spiro atoms. The van der Waals surface area contributed by atoms with E-state index in [1.165, 1.54) is 22.3 Å². The lowest BCUT2D eigenvalue weighted by molar-refractivity contribution is -0.143. The summed E-state index contributed by atoms with van der Waals surface area (Å²) in [5.74, 6) is 0.134. The normalized spacial score (nSPS) is 16.5. The van der Waals surface area contributed by atoms with Gasteiger partial charge in [-0.25, -0.2) is 0 Å². The maximum atomic E-state index is 13.4. The van der Waals surface area contributed by atoms with Crippen LogP contribution in [-0.2, 0) is 22.4 Å². The molecule has 38 heavy (non-hydrogen) atoms. The number of piperazine rings is 1.